The Morgan fingerprint density at radius 1 is 1.00 bits per heavy atom. The van der Waals surface area contributed by atoms with Crippen LogP contribution in [0.15, 0.2) is 42.5 Å². The maximum absolute atomic E-state index is 13.9. The van der Waals surface area contributed by atoms with Crippen LogP contribution in [0.3, 0.4) is 0 Å². The zero-order valence-corrected chi connectivity index (χ0v) is 11.6. The van der Waals surface area contributed by atoms with E-state index in [9.17, 15) is 22.8 Å². The Kier molecular flexibility index (Phi) is 3.77. The molecule has 0 aromatic heterocycles. The molecule has 0 atom stereocenters. The number of amides is 2. The van der Waals surface area contributed by atoms with Crippen LogP contribution in [0.2, 0.25) is 0 Å². The molecule has 0 spiro atoms. The van der Waals surface area contributed by atoms with Crippen molar-refractivity contribution in [2.45, 2.75) is 6.43 Å². The molecule has 2 amide bonds. The van der Waals surface area contributed by atoms with Crippen molar-refractivity contribution in [2.75, 3.05) is 11.5 Å². The summed E-state index contributed by atoms with van der Waals surface area (Å²) in [6.45, 7) is -0.941. The second-order valence-corrected chi connectivity index (χ2v) is 4.81. The first-order valence-corrected chi connectivity index (χ1v) is 6.67. The third-order valence-electron chi connectivity index (χ3n) is 3.33. The maximum atomic E-state index is 13.9. The van der Waals surface area contributed by atoms with Gasteiger partial charge >= 0.3 is 0 Å². The monoisotopic (exact) mass is 321 g/mol. The summed E-state index contributed by atoms with van der Waals surface area (Å²) in [6.07, 6.45) is -2.73. The summed E-state index contributed by atoms with van der Waals surface area (Å²) in [5, 5.41) is 0. The van der Waals surface area contributed by atoms with Gasteiger partial charge in [-0.25, -0.2) is 18.1 Å². The minimum Gasteiger partial charge on any atom is -0.485 e. The molecule has 1 aliphatic rings. The molecule has 7 heteroatoms. The summed E-state index contributed by atoms with van der Waals surface area (Å²) in [4.78, 5) is 25.4. The third kappa shape index (κ3) is 2.65. The normalized spacial score (nSPS) is 13.7. The molecule has 4 nitrogen and oxygen atoms in total. The SMILES string of the molecule is O=C1c2ccccc2C(=O)N1c1ccc(OCC(F)F)c(F)c1. The minimum absolute atomic E-state index is 0.0121. The van der Waals surface area contributed by atoms with Gasteiger partial charge in [0.2, 0.25) is 0 Å². The van der Waals surface area contributed by atoms with Crippen LogP contribution in [0, 0.1) is 5.82 Å². The highest BCUT2D eigenvalue weighted by Gasteiger charge is 2.36. The number of fused-ring (bicyclic) bond motifs is 1. The second-order valence-electron chi connectivity index (χ2n) is 4.81. The van der Waals surface area contributed by atoms with Crippen molar-refractivity contribution in [3.05, 3.63) is 59.4 Å². The van der Waals surface area contributed by atoms with E-state index in [1.165, 1.54) is 18.2 Å². The quantitative estimate of drug-likeness (QED) is 0.812. The Morgan fingerprint density at radius 3 is 2.13 bits per heavy atom. The molecule has 0 aliphatic carbocycles. The summed E-state index contributed by atoms with van der Waals surface area (Å²) in [6, 6.07) is 9.54. The van der Waals surface area contributed by atoms with Gasteiger partial charge in [-0.2, -0.15) is 0 Å². The van der Waals surface area contributed by atoms with E-state index in [2.05, 4.69) is 4.74 Å². The number of carbonyl (C=O) groups is 2. The molecule has 0 saturated heterocycles. The van der Waals surface area contributed by atoms with Crippen LogP contribution in [-0.4, -0.2) is 24.8 Å². The van der Waals surface area contributed by atoms with Crippen LogP contribution in [-0.2, 0) is 0 Å². The average molecular weight is 321 g/mol. The van der Waals surface area contributed by atoms with Gasteiger partial charge in [0.05, 0.1) is 16.8 Å². The van der Waals surface area contributed by atoms with E-state index >= 15 is 0 Å². The van der Waals surface area contributed by atoms with Crippen molar-refractivity contribution in [2.24, 2.45) is 0 Å². The molecular formula is C16H10F3NO3. The van der Waals surface area contributed by atoms with E-state index in [1.54, 1.807) is 12.1 Å². The minimum atomic E-state index is -2.73. The summed E-state index contributed by atoms with van der Waals surface area (Å²) in [5.74, 6) is -2.43. The van der Waals surface area contributed by atoms with Crippen LogP contribution in [0.5, 0.6) is 5.75 Å². The van der Waals surface area contributed by atoms with Gasteiger partial charge in [-0.05, 0) is 24.3 Å². The molecule has 0 radical (unpaired) electrons. The van der Waals surface area contributed by atoms with Crippen LogP contribution >= 0.6 is 0 Å². The van der Waals surface area contributed by atoms with Crippen LogP contribution in [0.1, 0.15) is 20.7 Å². The molecule has 0 N–H and O–H groups in total. The second kappa shape index (κ2) is 5.75. The van der Waals surface area contributed by atoms with Crippen molar-refractivity contribution < 1.29 is 27.5 Å². The van der Waals surface area contributed by atoms with Crippen molar-refractivity contribution in [1.29, 1.82) is 0 Å². The van der Waals surface area contributed by atoms with Gasteiger partial charge in [-0.15, -0.1) is 0 Å². The molecule has 23 heavy (non-hydrogen) atoms. The Morgan fingerprint density at radius 2 is 1.61 bits per heavy atom. The molecule has 3 rings (SSSR count). The number of halogens is 3. The highest BCUT2D eigenvalue weighted by atomic mass is 19.3. The van der Waals surface area contributed by atoms with Crippen molar-refractivity contribution >= 4 is 17.5 Å². The van der Waals surface area contributed by atoms with E-state index < -0.39 is 30.7 Å². The molecule has 1 heterocycles. The number of imide groups is 1. The van der Waals surface area contributed by atoms with Crippen LogP contribution in [0.25, 0.3) is 0 Å². The fourth-order valence-electron chi connectivity index (χ4n) is 2.32. The van der Waals surface area contributed by atoms with Gasteiger partial charge in [-0.1, -0.05) is 12.1 Å². The fraction of sp³-hybridized carbons (Fsp3) is 0.125. The Hall–Kier alpha value is -2.83. The number of hydrogen-bond donors (Lipinski definition) is 0. The van der Waals surface area contributed by atoms with Crippen molar-refractivity contribution in [3.8, 4) is 5.75 Å². The molecule has 2 aromatic rings. The predicted octanol–water partition coefficient (Wildman–Crippen LogP) is 3.27. The molecule has 1 aliphatic heterocycles. The number of hydrogen-bond acceptors (Lipinski definition) is 3. The lowest BCUT2D eigenvalue weighted by Crippen LogP contribution is -2.29. The van der Waals surface area contributed by atoms with Gasteiger partial charge in [0.25, 0.3) is 18.2 Å². The Labute approximate surface area is 129 Å². The smallest absolute Gasteiger partial charge is 0.272 e. The highest BCUT2D eigenvalue weighted by Crippen LogP contribution is 2.31. The number of anilines is 1. The van der Waals surface area contributed by atoms with E-state index in [0.29, 0.717) is 0 Å². The number of ether oxygens (including phenoxy) is 1. The standard InChI is InChI=1S/C16H10F3NO3/c17-12-7-9(5-6-13(12)23-8-14(18)19)20-15(21)10-3-1-2-4-11(10)16(20)22/h1-7,14H,8H2. The van der Waals surface area contributed by atoms with Crippen molar-refractivity contribution in [3.63, 3.8) is 0 Å². The number of nitrogens with zero attached hydrogens (tertiary/aromatic N) is 1. The number of alkyl halides is 2. The van der Waals surface area contributed by atoms with Gasteiger partial charge in [0.1, 0.15) is 6.61 Å². The number of rotatable bonds is 4. The van der Waals surface area contributed by atoms with Gasteiger partial charge < -0.3 is 4.74 Å². The lowest BCUT2D eigenvalue weighted by atomic mass is 10.1. The summed E-state index contributed by atoms with van der Waals surface area (Å²) < 4.78 is 42.7. The zero-order valence-electron chi connectivity index (χ0n) is 11.6. The highest BCUT2D eigenvalue weighted by molar-refractivity contribution is 6.34. The van der Waals surface area contributed by atoms with Gasteiger partial charge in [-0.3, -0.25) is 9.59 Å². The largest absolute Gasteiger partial charge is 0.485 e. The summed E-state index contributed by atoms with van der Waals surface area (Å²) in [7, 11) is 0. The fourth-order valence-corrected chi connectivity index (χ4v) is 2.32. The first-order valence-electron chi connectivity index (χ1n) is 6.67. The summed E-state index contributed by atoms with van der Waals surface area (Å²) in [5.41, 5.74) is 0.477. The number of carbonyl (C=O) groups excluding carboxylic acids is 2. The lowest BCUT2D eigenvalue weighted by molar-refractivity contribution is 0.0799. The molecule has 2 aromatic carbocycles. The van der Waals surface area contributed by atoms with E-state index in [1.807, 2.05) is 0 Å². The first-order chi connectivity index (χ1) is 11.0. The summed E-state index contributed by atoms with van der Waals surface area (Å²) >= 11 is 0. The molecule has 0 bridgehead atoms. The van der Waals surface area contributed by atoms with Crippen LogP contribution in [0.4, 0.5) is 18.9 Å². The maximum Gasteiger partial charge on any atom is 0.272 e. The molecule has 118 valence electrons. The molecule has 0 unspecified atom stereocenters. The molecule has 0 fully saturated rings. The Balaban J connectivity index is 1.90. The first kappa shape index (κ1) is 15.1. The predicted molar refractivity (Wildman–Crippen MR) is 75.5 cm³/mol. The Bertz CT molecular complexity index is 757. The van der Waals surface area contributed by atoms with Gasteiger partial charge in [0.15, 0.2) is 11.6 Å². The molecular weight excluding hydrogens is 311 g/mol. The third-order valence-corrected chi connectivity index (χ3v) is 3.33. The number of benzene rings is 2. The van der Waals surface area contributed by atoms with E-state index in [4.69, 9.17) is 0 Å². The van der Waals surface area contributed by atoms with Crippen molar-refractivity contribution in [1.82, 2.24) is 0 Å². The average Bonchev–Trinajstić information content (AvgIpc) is 2.78. The van der Waals surface area contributed by atoms with Crippen LogP contribution < -0.4 is 9.64 Å². The lowest BCUT2D eigenvalue weighted by Gasteiger charge is -2.15. The molecule has 0 saturated carbocycles. The van der Waals surface area contributed by atoms with E-state index in [-0.39, 0.29) is 22.6 Å². The topological polar surface area (TPSA) is 46.6 Å². The zero-order chi connectivity index (χ0) is 16.6. The van der Waals surface area contributed by atoms with Gasteiger partial charge in [0, 0.05) is 6.07 Å². The van der Waals surface area contributed by atoms with E-state index in [0.717, 1.165) is 17.0 Å².